The summed E-state index contributed by atoms with van der Waals surface area (Å²) in [7, 11) is 0. The van der Waals surface area contributed by atoms with Crippen LogP contribution >= 0.6 is 0 Å². The van der Waals surface area contributed by atoms with Gasteiger partial charge in [0.1, 0.15) is 23.0 Å². The molecular weight excluding hydrogens is 1160 g/mol. The first-order valence-corrected chi connectivity index (χ1v) is 32.4. The van der Waals surface area contributed by atoms with E-state index in [-0.39, 0.29) is 11.3 Å². The highest BCUT2D eigenvalue weighted by molar-refractivity contribution is 6.05. The maximum absolute atomic E-state index is 12.7. The summed E-state index contributed by atoms with van der Waals surface area (Å²) in [6.07, 6.45) is 0. The van der Waals surface area contributed by atoms with Crippen LogP contribution in [0.3, 0.4) is 0 Å². The summed E-state index contributed by atoms with van der Waals surface area (Å²) < 4.78 is 21.6. The molecule has 18 rings (SSSR count). The molecule has 2 spiro atoms. The Morgan fingerprint density at radius 2 is 0.600 bits per heavy atom. The van der Waals surface area contributed by atoms with Crippen LogP contribution in [-0.2, 0) is 26.8 Å². The Balaban J connectivity index is 0.991. The van der Waals surface area contributed by atoms with Crippen molar-refractivity contribution < 1.29 is 14.2 Å². The molecule has 0 radical (unpaired) electrons. The second kappa shape index (κ2) is 20.8. The van der Waals surface area contributed by atoms with Gasteiger partial charge in [-0.2, -0.15) is 5.26 Å². The van der Waals surface area contributed by atoms with Gasteiger partial charge < -0.3 is 24.0 Å². The monoisotopic (exact) mass is 1220 g/mol. The zero-order valence-electron chi connectivity index (χ0n) is 52.7. The minimum Gasteiger partial charge on any atom is -0.457 e. The second-order valence-electron chi connectivity index (χ2n) is 26.3. The quantitative estimate of drug-likeness (QED) is 0.155. The molecule has 5 aliphatic rings. The fourth-order valence-electron chi connectivity index (χ4n) is 16.8. The molecule has 5 heterocycles. The summed E-state index contributed by atoms with van der Waals surface area (Å²) >= 11 is 0. The molecular formula is C88H60N4O3. The average Bonchev–Trinajstić information content (AvgIpc) is 1.61. The van der Waals surface area contributed by atoms with Crippen molar-refractivity contribution >= 4 is 39.8 Å². The molecule has 0 aromatic heterocycles. The minimum atomic E-state index is -1.06. The minimum absolute atomic E-state index is 0.211. The lowest BCUT2D eigenvalue weighted by molar-refractivity contribution is -0.104. The molecule has 0 atom stereocenters. The molecule has 0 saturated carbocycles. The number of hydrogen-bond donors (Lipinski definition) is 0. The van der Waals surface area contributed by atoms with Crippen LogP contribution in [0.1, 0.15) is 88.9 Å². The predicted octanol–water partition coefficient (Wildman–Crippen LogP) is 22.8. The van der Waals surface area contributed by atoms with Crippen molar-refractivity contribution in [3.63, 3.8) is 0 Å². The maximum atomic E-state index is 12.7. The molecule has 13 aromatic carbocycles. The highest BCUT2D eigenvalue weighted by Gasteiger charge is 2.58. The van der Waals surface area contributed by atoms with Crippen molar-refractivity contribution in [2.75, 3.05) is 9.80 Å². The zero-order valence-corrected chi connectivity index (χ0v) is 52.7. The van der Waals surface area contributed by atoms with Crippen LogP contribution in [0, 0.1) is 17.9 Å². The SMILES string of the molecule is [C-]#[N+]c1c(C#N)c(N2c3ccc(-c4ccccc4)cc3C3(c4ccccc4Oc4ccccc43)c3cc(-c4ccccc4)ccc32)c2c(c1N1c3ccc(-c4ccccc4)cc3C3(c4ccccc4Oc4ccccc43)c3cc(-c4ccccc4)ccc31)C(C)(C)OC2(C)C. The third-order valence-corrected chi connectivity index (χ3v) is 20.4. The fourth-order valence-corrected chi connectivity index (χ4v) is 16.8. The van der Waals surface area contributed by atoms with Crippen LogP contribution in [0.25, 0.3) is 49.4 Å². The highest BCUT2D eigenvalue weighted by Crippen LogP contribution is 2.70. The van der Waals surface area contributed by atoms with Gasteiger partial charge in [0.2, 0.25) is 5.69 Å². The van der Waals surface area contributed by atoms with E-state index in [4.69, 9.17) is 19.1 Å². The van der Waals surface area contributed by atoms with E-state index in [2.05, 4.69) is 310 Å². The lowest BCUT2D eigenvalue weighted by Gasteiger charge is -2.50. The average molecular weight is 1220 g/mol. The van der Waals surface area contributed by atoms with Crippen LogP contribution in [0.4, 0.5) is 39.8 Å². The molecule has 0 aliphatic carbocycles. The van der Waals surface area contributed by atoms with E-state index < -0.39 is 22.0 Å². The van der Waals surface area contributed by atoms with Gasteiger partial charge in [0.15, 0.2) is 0 Å². The van der Waals surface area contributed by atoms with E-state index in [1.807, 2.05) is 24.3 Å². The third-order valence-electron chi connectivity index (χ3n) is 20.4. The first kappa shape index (κ1) is 55.8. The van der Waals surface area contributed by atoms with Gasteiger partial charge in [-0.05, 0) is 167 Å². The predicted molar refractivity (Wildman–Crippen MR) is 380 cm³/mol. The van der Waals surface area contributed by atoms with Crippen molar-refractivity contribution in [3.8, 4) is 73.6 Å². The molecule has 450 valence electrons. The molecule has 7 heteroatoms. The van der Waals surface area contributed by atoms with Gasteiger partial charge in [-0.25, -0.2) is 4.85 Å². The molecule has 0 saturated heterocycles. The third kappa shape index (κ3) is 7.88. The number of nitrogens with zero attached hydrogens (tertiary/aromatic N) is 4. The van der Waals surface area contributed by atoms with Gasteiger partial charge in [0.25, 0.3) is 0 Å². The maximum Gasteiger partial charge on any atom is 0.230 e. The Hall–Kier alpha value is -12.0. The van der Waals surface area contributed by atoms with Gasteiger partial charge in [-0.15, -0.1) is 0 Å². The second-order valence-corrected chi connectivity index (χ2v) is 26.3. The topological polar surface area (TPSA) is 62.3 Å². The molecule has 13 aromatic rings. The van der Waals surface area contributed by atoms with Crippen LogP contribution in [-0.4, -0.2) is 0 Å². The molecule has 0 fully saturated rings. The van der Waals surface area contributed by atoms with Gasteiger partial charge in [0.05, 0.1) is 63.0 Å². The van der Waals surface area contributed by atoms with Gasteiger partial charge in [-0.1, -0.05) is 218 Å². The number of hydrogen-bond acceptors (Lipinski definition) is 6. The number of rotatable bonds is 6. The van der Waals surface area contributed by atoms with Crippen LogP contribution in [0.15, 0.2) is 291 Å². The summed E-state index contributed by atoms with van der Waals surface area (Å²) in [6, 6.07) is 106. The summed E-state index contributed by atoms with van der Waals surface area (Å²) in [6.45, 7) is 18.4. The molecule has 95 heavy (non-hydrogen) atoms. The van der Waals surface area contributed by atoms with Crippen LogP contribution in [0.5, 0.6) is 23.0 Å². The van der Waals surface area contributed by atoms with Crippen molar-refractivity contribution in [2.24, 2.45) is 0 Å². The van der Waals surface area contributed by atoms with Crippen LogP contribution in [0.2, 0.25) is 0 Å². The van der Waals surface area contributed by atoms with Crippen LogP contribution < -0.4 is 19.3 Å². The van der Waals surface area contributed by atoms with Crippen molar-refractivity contribution in [1.82, 2.24) is 0 Å². The lowest BCUT2D eigenvalue weighted by atomic mass is 9.60. The number of fused-ring (bicyclic) bond motifs is 17. The van der Waals surface area contributed by atoms with E-state index in [0.717, 1.165) is 146 Å². The number of anilines is 6. The first-order chi connectivity index (χ1) is 46.5. The number of para-hydroxylation sites is 4. The Kier molecular flexibility index (Phi) is 12.2. The largest absolute Gasteiger partial charge is 0.457 e. The smallest absolute Gasteiger partial charge is 0.230 e. The van der Waals surface area contributed by atoms with E-state index >= 15 is 0 Å². The van der Waals surface area contributed by atoms with E-state index in [1.165, 1.54) is 0 Å². The summed E-state index contributed by atoms with van der Waals surface area (Å²) in [5, 5.41) is 12.7. The molecule has 0 amide bonds. The van der Waals surface area contributed by atoms with E-state index in [9.17, 15) is 11.8 Å². The van der Waals surface area contributed by atoms with Gasteiger partial charge in [0, 0.05) is 44.8 Å². The fraction of sp³-hybridized carbons (Fsp3) is 0.0909. The summed E-state index contributed by atoms with van der Waals surface area (Å²) in [5.74, 6) is 3.02. The van der Waals surface area contributed by atoms with Crippen molar-refractivity contribution in [3.05, 3.63) is 364 Å². The summed E-state index contributed by atoms with van der Waals surface area (Å²) in [4.78, 5) is 9.36. The highest BCUT2D eigenvalue weighted by atomic mass is 16.5. The Morgan fingerprint density at radius 3 is 0.895 bits per heavy atom. The van der Waals surface area contributed by atoms with Gasteiger partial charge >= 0.3 is 0 Å². The van der Waals surface area contributed by atoms with E-state index in [0.29, 0.717) is 11.4 Å². The standard InChI is InChI=1S/C88H60N4O3/c1-85(2)80-81(86(3,4)95-85)84(92-74-48-44-61(57-30-14-8-15-31-57)52-70(74)88(71-53-62(45-49-75(71)92)58-32-16-9-17-33-58)66-36-20-24-40-78(66)94-79-41-25-21-37-67(79)88)82(90-5)63(54-89)83(80)91-72-46-42-59(55-26-10-6-11-27-55)50-68(72)87(69-51-60(43-47-73(69)91)56-28-12-7-13-29-56)64-34-18-22-38-76(64)93-77-39-23-19-35-65(77)87/h6-53H,1-4H3. The molecule has 7 nitrogen and oxygen atoms in total. The number of nitriles is 1. The molecule has 5 aliphatic heterocycles. The number of benzene rings is 13. The molecule has 0 N–H and O–H groups in total. The van der Waals surface area contributed by atoms with Crippen molar-refractivity contribution in [1.29, 1.82) is 5.26 Å². The Bertz CT molecular complexity index is 4840. The lowest BCUT2D eigenvalue weighted by Crippen LogP contribution is -2.41. The number of ether oxygens (including phenoxy) is 3. The Labute approximate surface area is 553 Å². The van der Waals surface area contributed by atoms with Crippen molar-refractivity contribution in [2.45, 2.75) is 49.7 Å². The normalized spacial score (nSPS) is 15.3. The zero-order chi connectivity index (χ0) is 64.0. The molecule has 0 unspecified atom stereocenters. The van der Waals surface area contributed by atoms with E-state index in [1.54, 1.807) is 0 Å². The summed E-state index contributed by atoms with van der Waals surface area (Å²) in [5.41, 5.74) is 18.9. The molecule has 0 bridgehead atoms. The van der Waals surface area contributed by atoms with Gasteiger partial charge in [-0.3, -0.25) is 0 Å². The first-order valence-electron chi connectivity index (χ1n) is 32.4. The Morgan fingerprint density at radius 1 is 0.326 bits per heavy atom.